The maximum Gasteiger partial charge on any atom is 0.303 e. The Labute approximate surface area is 139 Å². The van der Waals surface area contributed by atoms with Gasteiger partial charge in [0.25, 0.3) is 0 Å². The molecular formula is C19H18FNO3. The Morgan fingerprint density at radius 1 is 1.12 bits per heavy atom. The van der Waals surface area contributed by atoms with Crippen molar-refractivity contribution in [1.82, 2.24) is 0 Å². The van der Waals surface area contributed by atoms with Crippen molar-refractivity contribution in [2.45, 2.75) is 25.8 Å². The summed E-state index contributed by atoms with van der Waals surface area (Å²) in [6.07, 6.45) is 0.250. The van der Waals surface area contributed by atoms with Gasteiger partial charge in [-0.2, -0.15) is 0 Å². The van der Waals surface area contributed by atoms with Gasteiger partial charge in [-0.05, 0) is 43.2 Å². The molecule has 1 N–H and O–H groups in total. The van der Waals surface area contributed by atoms with Crippen LogP contribution < -0.4 is 4.90 Å². The highest BCUT2D eigenvalue weighted by Crippen LogP contribution is 2.45. The van der Waals surface area contributed by atoms with Crippen molar-refractivity contribution in [2.24, 2.45) is 5.92 Å². The maximum absolute atomic E-state index is 13.2. The number of carboxylic acid groups (broad SMARTS) is 1. The average Bonchev–Trinajstić information content (AvgIpc) is 2.55. The number of aliphatic carboxylic acids is 1. The highest BCUT2D eigenvalue weighted by atomic mass is 19.1. The third-order valence-corrected chi connectivity index (χ3v) is 4.41. The van der Waals surface area contributed by atoms with Gasteiger partial charge in [-0.25, -0.2) is 4.39 Å². The summed E-state index contributed by atoms with van der Waals surface area (Å²) >= 11 is 0. The number of halogens is 1. The Morgan fingerprint density at radius 2 is 1.75 bits per heavy atom. The molecule has 2 aromatic carbocycles. The lowest BCUT2D eigenvalue weighted by Gasteiger charge is -2.47. The van der Waals surface area contributed by atoms with E-state index in [2.05, 4.69) is 0 Å². The Hall–Kier alpha value is -2.69. The van der Waals surface area contributed by atoms with Crippen LogP contribution in [0, 0.1) is 18.7 Å². The molecule has 0 saturated carbocycles. The van der Waals surface area contributed by atoms with E-state index in [-0.39, 0.29) is 30.1 Å². The monoisotopic (exact) mass is 327 g/mol. The minimum atomic E-state index is -0.911. The van der Waals surface area contributed by atoms with Crippen molar-refractivity contribution >= 4 is 17.6 Å². The van der Waals surface area contributed by atoms with Gasteiger partial charge in [-0.1, -0.05) is 29.8 Å². The van der Waals surface area contributed by atoms with E-state index in [4.69, 9.17) is 5.11 Å². The number of nitrogens with zero attached hydrogens (tertiary/aromatic N) is 1. The molecule has 4 nitrogen and oxygen atoms in total. The van der Waals surface area contributed by atoms with Crippen LogP contribution in [0.3, 0.4) is 0 Å². The minimum Gasteiger partial charge on any atom is -0.481 e. The predicted molar refractivity (Wildman–Crippen MR) is 88.2 cm³/mol. The van der Waals surface area contributed by atoms with Crippen LogP contribution in [-0.4, -0.2) is 17.0 Å². The third-order valence-electron chi connectivity index (χ3n) is 4.41. The summed E-state index contributed by atoms with van der Waals surface area (Å²) in [5.74, 6) is -1.76. The van der Waals surface area contributed by atoms with Crippen LogP contribution in [0.2, 0.25) is 0 Å². The number of hydrogen-bond acceptors (Lipinski definition) is 2. The van der Waals surface area contributed by atoms with Crippen LogP contribution in [0.5, 0.6) is 0 Å². The van der Waals surface area contributed by atoms with Crippen molar-refractivity contribution in [3.8, 4) is 0 Å². The molecule has 5 heteroatoms. The second-order valence-corrected chi connectivity index (χ2v) is 6.08. The minimum absolute atomic E-state index is 0.0456. The van der Waals surface area contributed by atoms with Gasteiger partial charge in [0.15, 0.2) is 0 Å². The molecule has 0 spiro atoms. The molecule has 1 fully saturated rings. The van der Waals surface area contributed by atoms with Crippen LogP contribution >= 0.6 is 0 Å². The molecule has 124 valence electrons. The number of β-lactam (4-membered cyclic amide) rings is 1. The van der Waals surface area contributed by atoms with E-state index >= 15 is 0 Å². The van der Waals surface area contributed by atoms with Gasteiger partial charge in [0.1, 0.15) is 5.82 Å². The second kappa shape index (κ2) is 6.43. The molecule has 24 heavy (non-hydrogen) atoms. The van der Waals surface area contributed by atoms with Gasteiger partial charge < -0.3 is 10.0 Å². The van der Waals surface area contributed by atoms with Crippen LogP contribution in [0.25, 0.3) is 0 Å². The van der Waals surface area contributed by atoms with Gasteiger partial charge in [0, 0.05) is 12.1 Å². The largest absolute Gasteiger partial charge is 0.481 e. The normalized spacial score (nSPS) is 19.9. The molecule has 1 aliphatic rings. The van der Waals surface area contributed by atoms with Gasteiger partial charge in [0.05, 0.1) is 12.0 Å². The summed E-state index contributed by atoms with van der Waals surface area (Å²) in [6.45, 7) is 1.98. The number of carbonyl (C=O) groups excluding carboxylic acids is 1. The SMILES string of the molecule is Cc1ccc(C2C(CCC(=O)O)C(=O)N2c2ccc(F)cc2)cc1. The van der Waals surface area contributed by atoms with Crippen molar-refractivity contribution in [3.05, 3.63) is 65.5 Å². The summed E-state index contributed by atoms with van der Waals surface area (Å²) in [4.78, 5) is 25.0. The maximum atomic E-state index is 13.2. The first-order valence-corrected chi connectivity index (χ1v) is 7.84. The molecule has 0 aliphatic carbocycles. The number of benzene rings is 2. The standard InChI is InChI=1S/C19H18FNO3/c1-12-2-4-13(5-3-12)18-16(10-11-17(22)23)19(24)21(18)15-8-6-14(20)7-9-15/h2-9,16,18H,10-11H2,1H3,(H,22,23). The number of carboxylic acids is 1. The van der Waals surface area contributed by atoms with E-state index in [9.17, 15) is 14.0 Å². The first-order valence-electron chi connectivity index (χ1n) is 7.84. The third kappa shape index (κ3) is 3.02. The zero-order valence-corrected chi connectivity index (χ0v) is 13.3. The topological polar surface area (TPSA) is 57.6 Å². The van der Waals surface area contributed by atoms with Crippen molar-refractivity contribution in [1.29, 1.82) is 0 Å². The molecule has 1 saturated heterocycles. The number of hydrogen-bond donors (Lipinski definition) is 1. The van der Waals surface area contributed by atoms with E-state index in [0.29, 0.717) is 12.1 Å². The van der Waals surface area contributed by atoms with E-state index in [0.717, 1.165) is 11.1 Å². The quantitative estimate of drug-likeness (QED) is 0.852. The fraction of sp³-hybridized carbons (Fsp3) is 0.263. The summed E-state index contributed by atoms with van der Waals surface area (Å²) in [5, 5.41) is 8.91. The summed E-state index contributed by atoms with van der Waals surface area (Å²) in [5.41, 5.74) is 2.69. The van der Waals surface area contributed by atoms with E-state index in [1.54, 1.807) is 17.0 Å². The zero-order chi connectivity index (χ0) is 17.3. The van der Waals surface area contributed by atoms with Gasteiger partial charge in [0.2, 0.25) is 5.91 Å². The lowest BCUT2D eigenvalue weighted by Crippen LogP contribution is -2.55. The Bertz CT molecular complexity index is 755. The van der Waals surface area contributed by atoms with Crippen LogP contribution in [0.15, 0.2) is 48.5 Å². The van der Waals surface area contributed by atoms with Crippen LogP contribution in [0.4, 0.5) is 10.1 Å². The van der Waals surface area contributed by atoms with E-state index in [1.165, 1.54) is 12.1 Å². The van der Waals surface area contributed by atoms with Gasteiger partial charge in [-0.15, -0.1) is 0 Å². The molecule has 0 radical (unpaired) electrons. The second-order valence-electron chi connectivity index (χ2n) is 6.08. The zero-order valence-electron chi connectivity index (χ0n) is 13.3. The molecule has 3 rings (SSSR count). The lowest BCUT2D eigenvalue weighted by molar-refractivity contribution is -0.138. The van der Waals surface area contributed by atoms with Crippen molar-refractivity contribution in [3.63, 3.8) is 0 Å². The molecule has 0 bridgehead atoms. The van der Waals surface area contributed by atoms with Crippen LogP contribution in [-0.2, 0) is 9.59 Å². The fourth-order valence-electron chi connectivity index (χ4n) is 3.14. The number of carbonyl (C=O) groups is 2. The highest BCUT2D eigenvalue weighted by Gasteiger charge is 2.48. The van der Waals surface area contributed by atoms with Gasteiger partial charge >= 0.3 is 5.97 Å². The highest BCUT2D eigenvalue weighted by molar-refractivity contribution is 6.03. The predicted octanol–water partition coefficient (Wildman–Crippen LogP) is 3.70. The number of amides is 1. The Balaban J connectivity index is 1.92. The molecule has 2 atom stereocenters. The van der Waals surface area contributed by atoms with Crippen molar-refractivity contribution < 1.29 is 19.1 Å². The Morgan fingerprint density at radius 3 is 2.33 bits per heavy atom. The molecule has 0 aromatic heterocycles. The molecular weight excluding hydrogens is 309 g/mol. The smallest absolute Gasteiger partial charge is 0.303 e. The van der Waals surface area contributed by atoms with Gasteiger partial charge in [-0.3, -0.25) is 9.59 Å². The molecule has 1 aliphatic heterocycles. The summed E-state index contributed by atoms with van der Waals surface area (Å²) in [6, 6.07) is 13.4. The number of rotatable bonds is 5. The first-order chi connectivity index (χ1) is 11.5. The molecule has 1 amide bonds. The van der Waals surface area contributed by atoms with Crippen LogP contribution in [0.1, 0.15) is 30.0 Å². The van der Waals surface area contributed by atoms with E-state index in [1.807, 2.05) is 31.2 Å². The fourth-order valence-corrected chi connectivity index (χ4v) is 3.14. The summed E-state index contributed by atoms with van der Waals surface area (Å²) < 4.78 is 13.2. The van der Waals surface area contributed by atoms with E-state index < -0.39 is 5.97 Å². The Kier molecular flexibility index (Phi) is 4.34. The lowest BCUT2D eigenvalue weighted by atomic mass is 9.79. The summed E-state index contributed by atoms with van der Waals surface area (Å²) in [7, 11) is 0. The first kappa shape index (κ1) is 16.2. The molecule has 2 aromatic rings. The van der Waals surface area contributed by atoms with Crippen molar-refractivity contribution in [2.75, 3.05) is 4.90 Å². The number of anilines is 1. The average molecular weight is 327 g/mol. The molecule has 2 unspecified atom stereocenters. The number of aryl methyl sites for hydroxylation is 1. The molecule has 1 heterocycles.